The second-order valence-corrected chi connectivity index (χ2v) is 6.14. The van der Waals surface area contributed by atoms with Crippen molar-refractivity contribution >= 4 is 18.2 Å². The topological polar surface area (TPSA) is 115 Å². The molecule has 4 N–H and O–H groups in total. The first kappa shape index (κ1) is 21.9. The summed E-state index contributed by atoms with van der Waals surface area (Å²) < 4.78 is 0. The van der Waals surface area contributed by atoms with Gasteiger partial charge in [0.2, 0.25) is 0 Å². The number of aliphatic hydroxyl groups excluding tert-OH is 1. The van der Waals surface area contributed by atoms with E-state index in [1.54, 1.807) is 18.3 Å². The summed E-state index contributed by atoms with van der Waals surface area (Å²) in [6.45, 7) is 5.49. The van der Waals surface area contributed by atoms with Crippen molar-refractivity contribution in [1.82, 2.24) is 15.2 Å². The van der Waals surface area contributed by atoms with Gasteiger partial charge in [-0.1, -0.05) is 12.8 Å². The molecule has 1 saturated heterocycles. The van der Waals surface area contributed by atoms with Crippen LogP contribution in [0.15, 0.2) is 18.3 Å². The number of anilines is 1. The summed E-state index contributed by atoms with van der Waals surface area (Å²) in [6.07, 6.45) is 6.19. The fourth-order valence-corrected chi connectivity index (χ4v) is 2.83. The molecule has 1 amide bonds. The zero-order chi connectivity index (χ0) is 19.2. The van der Waals surface area contributed by atoms with Crippen LogP contribution in [0.25, 0.3) is 0 Å². The highest BCUT2D eigenvalue weighted by Crippen LogP contribution is 2.11. The molecule has 0 bridgehead atoms. The first-order valence-electron chi connectivity index (χ1n) is 9.07. The van der Waals surface area contributed by atoms with E-state index >= 15 is 0 Å². The van der Waals surface area contributed by atoms with Gasteiger partial charge in [0.05, 0.1) is 6.10 Å². The molecule has 0 aromatic carbocycles. The minimum Gasteiger partial charge on any atom is -0.483 e. The molecule has 2 heterocycles. The average Bonchev–Trinajstić information content (AvgIpc) is 2.90. The van der Waals surface area contributed by atoms with Crippen LogP contribution < -0.4 is 10.6 Å². The fourth-order valence-electron chi connectivity index (χ4n) is 2.83. The van der Waals surface area contributed by atoms with E-state index in [4.69, 9.17) is 9.90 Å². The van der Waals surface area contributed by atoms with Crippen molar-refractivity contribution in [1.29, 1.82) is 0 Å². The van der Waals surface area contributed by atoms with Gasteiger partial charge < -0.3 is 25.7 Å². The smallest absolute Gasteiger partial charge is 0.290 e. The molecule has 146 valence electrons. The summed E-state index contributed by atoms with van der Waals surface area (Å²) >= 11 is 0. The molecule has 1 atom stereocenters. The number of hydrogen-bond donors (Lipinski definition) is 4. The van der Waals surface area contributed by atoms with E-state index in [9.17, 15) is 9.90 Å². The van der Waals surface area contributed by atoms with Crippen LogP contribution in [-0.4, -0.2) is 71.3 Å². The van der Waals surface area contributed by atoms with Crippen molar-refractivity contribution < 1.29 is 19.8 Å². The summed E-state index contributed by atoms with van der Waals surface area (Å²) in [5.74, 6) is 0.506. The van der Waals surface area contributed by atoms with E-state index in [2.05, 4.69) is 20.5 Å². The maximum Gasteiger partial charge on any atom is 0.290 e. The lowest BCUT2D eigenvalue weighted by atomic mass is 10.2. The number of carboxylic acid groups (broad SMARTS) is 1. The van der Waals surface area contributed by atoms with Gasteiger partial charge in [-0.05, 0) is 45.0 Å². The van der Waals surface area contributed by atoms with Crippen LogP contribution >= 0.6 is 0 Å². The summed E-state index contributed by atoms with van der Waals surface area (Å²) in [4.78, 5) is 26.7. The number of rotatable bonds is 7. The van der Waals surface area contributed by atoms with E-state index in [-0.39, 0.29) is 12.4 Å². The number of nitrogens with zero attached hydrogens (tertiary/aromatic N) is 2. The standard InChI is InChI=1S/C17H28N4O2.CH2O2/c1-2-18-17(23)14-7-8-19-16(11-14)20-12-15(22)13-21-9-5-3-4-6-10-21;2-1-3/h7-8,11,15,22H,2-6,9-10,12-13H2,1H3,(H,18,23)(H,19,20);1H,(H,2,3). The monoisotopic (exact) mass is 366 g/mol. The summed E-state index contributed by atoms with van der Waals surface area (Å²) in [5.41, 5.74) is 0.575. The normalized spacial score (nSPS) is 15.8. The van der Waals surface area contributed by atoms with Crippen molar-refractivity contribution in [2.24, 2.45) is 0 Å². The Hall–Kier alpha value is -2.19. The van der Waals surface area contributed by atoms with Crippen molar-refractivity contribution in [2.75, 3.05) is 38.0 Å². The quantitative estimate of drug-likeness (QED) is 0.536. The molecule has 0 aliphatic carbocycles. The fraction of sp³-hybridized carbons (Fsp3) is 0.611. The third-order valence-electron chi connectivity index (χ3n) is 4.05. The van der Waals surface area contributed by atoms with Gasteiger partial charge >= 0.3 is 0 Å². The van der Waals surface area contributed by atoms with Crippen LogP contribution in [0.3, 0.4) is 0 Å². The second-order valence-electron chi connectivity index (χ2n) is 6.14. The van der Waals surface area contributed by atoms with Gasteiger partial charge in [0.25, 0.3) is 12.4 Å². The number of nitrogens with one attached hydrogen (secondary N) is 2. The second kappa shape index (κ2) is 13.1. The first-order chi connectivity index (χ1) is 12.6. The van der Waals surface area contributed by atoms with Gasteiger partial charge in [-0.25, -0.2) is 4.98 Å². The van der Waals surface area contributed by atoms with Crippen LogP contribution in [0.1, 0.15) is 43.0 Å². The van der Waals surface area contributed by atoms with Crippen LogP contribution in [0.2, 0.25) is 0 Å². The molecule has 1 aromatic heterocycles. The lowest BCUT2D eigenvalue weighted by Crippen LogP contribution is -2.36. The molecule has 2 rings (SSSR count). The summed E-state index contributed by atoms with van der Waals surface area (Å²) in [5, 5.41) is 23.0. The number of carbonyl (C=O) groups is 2. The summed E-state index contributed by atoms with van der Waals surface area (Å²) in [7, 11) is 0. The van der Waals surface area contributed by atoms with E-state index in [1.807, 2.05) is 6.92 Å². The molecule has 0 saturated carbocycles. The van der Waals surface area contributed by atoms with Crippen LogP contribution in [0, 0.1) is 0 Å². The number of hydrogen-bond acceptors (Lipinski definition) is 6. The molecule has 8 heteroatoms. The van der Waals surface area contributed by atoms with Crippen molar-refractivity contribution in [3.63, 3.8) is 0 Å². The number of pyridine rings is 1. The number of aliphatic hydroxyl groups is 1. The lowest BCUT2D eigenvalue weighted by Gasteiger charge is -2.23. The Kier molecular flexibility index (Phi) is 11.0. The molecule has 1 aromatic rings. The molecular formula is C18H30N4O4. The number of aromatic nitrogens is 1. The zero-order valence-electron chi connectivity index (χ0n) is 15.4. The van der Waals surface area contributed by atoms with E-state index < -0.39 is 6.10 Å². The van der Waals surface area contributed by atoms with Gasteiger partial charge in [0, 0.05) is 31.4 Å². The molecule has 1 aliphatic heterocycles. The molecule has 1 aliphatic rings. The third kappa shape index (κ3) is 8.77. The highest BCUT2D eigenvalue weighted by Gasteiger charge is 2.14. The van der Waals surface area contributed by atoms with Crippen molar-refractivity contribution in [2.45, 2.75) is 38.7 Å². The van der Waals surface area contributed by atoms with Crippen LogP contribution in [-0.2, 0) is 4.79 Å². The maximum absolute atomic E-state index is 11.8. The number of carbonyl (C=O) groups excluding carboxylic acids is 1. The lowest BCUT2D eigenvalue weighted by molar-refractivity contribution is -0.122. The SMILES string of the molecule is CCNC(=O)c1ccnc(NCC(O)CN2CCCCCC2)c1.O=CO. The maximum atomic E-state index is 11.8. The highest BCUT2D eigenvalue weighted by molar-refractivity contribution is 5.94. The number of β-amino-alcohol motifs (C(OH)–C–C–N with tert-alkyl or cyclic N) is 1. The molecule has 26 heavy (non-hydrogen) atoms. The van der Waals surface area contributed by atoms with Gasteiger partial charge in [-0.3, -0.25) is 9.59 Å². The average molecular weight is 366 g/mol. The molecule has 0 radical (unpaired) electrons. The Morgan fingerprint density at radius 3 is 2.62 bits per heavy atom. The zero-order valence-corrected chi connectivity index (χ0v) is 15.4. The van der Waals surface area contributed by atoms with Crippen LogP contribution in [0.4, 0.5) is 5.82 Å². The van der Waals surface area contributed by atoms with Crippen LogP contribution in [0.5, 0.6) is 0 Å². The number of amides is 1. The molecular weight excluding hydrogens is 336 g/mol. The predicted molar refractivity (Wildman–Crippen MR) is 100 cm³/mol. The Bertz CT molecular complexity index is 534. The van der Waals surface area contributed by atoms with Gasteiger partial charge in [0.15, 0.2) is 0 Å². The van der Waals surface area contributed by atoms with Crippen molar-refractivity contribution in [3.05, 3.63) is 23.9 Å². The van der Waals surface area contributed by atoms with E-state index in [0.717, 1.165) is 13.1 Å². The van der Waals surface area contributed by atoms with Gasteiger partial charge in [-0.15, -0.1) is 0 Å². The Labute approximate surface area is 154 Å². The molecule has 1 fully saturated rings. The Balaban J connectivity index is 0.00000105. The van der Waals surface area contributed by atoms with Gasteiger partial charge in [-0.2, -0.15) is 0 Å². The largest absolute Gasteiger partial charge is 0.483 e. The third-order valence-corrected chi connectivity index (χ3v) is 4.05. The first-order valence-corrected chi connectivity index (χ1v) is 9.07. The minimum atomic E-state index is -0.442. The van der Waals surface area contributed by atoms with E-state index in [1.165, 1.54) is 25.7 Å². The van der Waals surface area contributed by atoms with Gasteiger partial charge in [0.1, 0.15) is 5.82 Å². The van der Waals surface area contributed by atoms with Crippen molar-refractivity contribution in [3.8, 4) is 0 Å². The molecule has 0 spiro atoms. The summed E-state index contributed by atoms with van der Waals surface area (Å²) in [6, 6.07) is 3.40. The Morgan fingerprint density at radius 1 is 1.35 bits per heavy atom. The molecule has 8 nitrogen and oxygen atoms in total. The Morgan fingerprint density at radius 2 is 2.00 bits per heavy atom. The number of likely N-dealkylation sites (tertiary alicyclic amines) is 1. The minimum absolute atomic E-state index is 0.108. The highest BCUT2D eigenvalue weighted by atomic mass is 16.3. The predicted octanol–water partition coefficient (Wildman–Crippen LogP) is 1.18. The van der Waals surface area contributed by atoms with E-state index in [0.29, 0.717) is 31.0 Å². The molecule has 1 unspecified atom stereocenters.